The van der Waals surface area contributed by atoms with Crippen molar-refractivity contribution in [2.75, 3.05) is 33.4 Å². The summed E-state index contributed by atoms with van der Waals surface area (Å²) in [6.45, 7) is 1.41. The van der Waals surface area contributed by atoms with Crippen molar-refractivity contribution in [3.63, 3.8) is 0 Å². The molecule has 1 N–H and O–H groups in total. The van der Waals surface area contributed by atoms with Crippen LogP contribution in [-0.2, 0) is 9.84 Å². The van der Waals surface area contributed by atoms with E-state index in [2.05, 4.69) is 5.32 Å². The molecule has 0 unspecified atom stereocenters. The number of hydrogen-bond acceptors (Lipinski definition) is 4. The summed E-state index contributed by atoms with van der Waals surface area (Å²) in [5.41, 5.74) is 0.291. The number of nitrogens with zero attached hydrogens (tertiary/aromatic N) is 1. The summed E-state index contributed by atoms with van der Waals surface area (Å²) in [6.07, 6.45) is 1.89. The van der Waals surface area contributed by atoms with Gasteiger partial charge in [-0.2, -0.15) is 0 Å². The Kier molecular flexibility index (Phi) is 5.98. The predicted molar refractivity (Wildman–Crippen MR) is 80.1 cm³/mol. The van der Waals surface area contributed by atoms with Crippen LogP contribution in [0.15, 0.2) is 23.1 Å². The van der Waals surface area contributed by atoms with Crippen LogP contribution in [0.1, 0.15) is 16.8 Å². The lowest BCUT2D eigenvalue weighted by molar-refractivity contribution is 0.0952. The fraction of sp³-hybridized carbons (Fsp3) is 0.462. The number of carbonyl (C=O) groups is 1. The van der Waals surface area contributed by atoms with E-state index in [0.29, 0.717) is 12.1 Å². The molecule has 0 spiro atoms. The summed E-state index contributed by atoms with van der Waals surface area (Å²) in [7, 11) is 0.471. The molecular formula is C13H19ClN2O3S. The second-order valence-electron chi connectivity index (χ2n) is 4.83. The molecule has 20 heavy (non-hydrogen) atoms. The Hall–Kier alpha value is -1.11. The topological polar surface area (TPSA) is 66.5 Å². The van der Waals surface area contributed by atoms with Crippen LogP contribution in [0, 0.1) is 0 Å². The predicted octanol–water partition coefficient (Wildman–Crippen LogP) is 1.43. The molecule has 0 aliphatic carbocycles. The highest BCUT2D eigenvalue weighted by Crippen LogP contribution is 2.22. The molecule has 0 fully saturated rings. The van der Waals surface area contributed by atoms with Gasteiger partial charge in [0.15, 0.2) is 9.84 Å². The fourth-order valence-corrected chi connectivity index (χ4v) is 2.93. The largest absolute Gasteiger partial charge is 0.352 e. The summed E-state index contributed by atoms with van der Waals surface area (Å²) in [4.78, 5) is 13.9. The Morgan fingerprint density at radius 2 is 2.00 bits per heavy atom. The van der Waals surface area contributed by atoms with E-state index < -0.39 is 9.84 Å². The van der Waals surface area contributed by atoms with Gasteiger partial charge in [-0.05, 0) is 45.3 Å². The Morgan fingerprint density at radius 1 is 1.35 bits per heavy atom. The third kappa shape index (κ3) is 5.11. The third-order valence-corrected chi connectivity index (χ3v) is 4.24. The van der Waals surface area contributed by atoms with Crippen molar-refractivity contribution < 1.29 is 13.2 Å². The Balaban J connectivity index is 2.75. The van der Waals surface area contributed by atoms with Gasteiger partial charge in [0, 0.05) is 18.4 Å². The molecule has 5 nitrogen and oxygen atoms in total. The minimum atomic E-state index is -3.44. The molecule has 0 aliphatic heterocycles. The lowest BCUT2D eigenvalue weighted by atomic mass is 10.2. The first kappa shape index (κ1) is 16.9. The number of sulfone groups is 1. The summed E-state index contributed by atoms with van der Waals surface area (Å²) < 4.78 is 23.1. The van der Waals surface area contributed by atoms with Gasteiger partial charge in [-0.25, -0.2) is 8.42 Å². The number of carbonyl (C=O) groups excluding carboxylic acids is 1. The van der Waals surface area contributed by atoms with Crippen LogP contribution in [0.2, 0.25) is 5.02 Å². The first-order valence-electron chi connectivity index (χ1n) is 6.14. The molecule has 0 heterocycles. The maximum atomic E-state index is 11.9. The van der Waals surface area contributed by atoms with Crippen molar-refractivity contribution in [3.05, 3.63) is 28.8 Å². The number of benzene rings is 1. The minimum Gasteiger partial charge on any atom is -0.352 e. The average molecular weight is 319 g/mol. The second kappa shape index (κ2) is 7.06. The normalized spacial score (nSPS) is 11.7. The van der Waals surface area contributed by atoms with Gasteiger partial charge in [0.1, 0.15) is 0 Å². The van der Waals surface area contributed by atoms with Gasteiger partial charge in [0.25, 0.3) is 5.91 Å². The number of halogens is 1. The minimum absolute atomic E-state index is 0.0277. The number of nitrogens with one attached hydrogen (secondary N) is 1. The van der Waals surface area contributed by atoms with E-state index in [1.165, 1.54) is 18.2 Å². The number of hydrogen-bond donors (Lipinski definition) is 1. The maximum Gasteiger partial charge on any atom is 0.251 e. The van der Waals surface area contributed by atoms with Gasteiger partial charge in [0.05, 0.1) is 9.92 Å². The molecule has 0 aliphatic rings. The smallest absolute Gasteiger partial charge is 0.251 e. The molecule has 0 saturated carbocycles. The van der Waals surface area contributed by atoms with Gasteiger partial charge in [-0.1, -0.05) is 11.6 Å². The molecule has 1 amide bonds. The van der Waals surface area contributed by atoms with E-state index in [1.54, 1.807) is 0 Å². The number of rotatable bonds is 6. The van der Waals surface area contributed by atoms with Crippen molar-refractivity contribution in [1.82, 2.24) is 10.2 Å². The van der Waals surface area contributed by atoms with E-state index in [9.17, 15) is 13.2 Å². The molecule has 0 aromatic heterocycles. The van der Waals surface area contributed by atoms with E-state index in [-0.39, 0.29) is 15.8 Å². The zero-order valence-electron chi connectivity index (χ0n) is 11.8. The van der Waals surface area contributed by atoms with Crippen LogP contribution in [0.4, 0.5) is 0 Å². The summed E-state index contributed by atoms with van der Waals surface area (Å²) in [5, 5.41) is 2.87. The first-order chi connectivity index (χ1) is 9.21. The maximum absolute atomic E-state index is 11.9. The van der Waals surface area contributed by atoms with Gasteiger partial charge >= 0.3 is 0 Å². The summed E-state index contributed by atoms with van der Waals surface area (Å²) in [6, 6.07) is 4.24. The summed E-state index contributed by atoms with van der Waals surface area (Å²) in [5.74, 6) is -0.301. The highest BCUT2D eigenvalue weighted by Gasteiger charge is 2.15. The van der Waals surface area contributed by atoms with Gasteiger partial charge in [-0.15, -0.1) is 0 Å². The van der Waals surface area contributed by atoms with Crippen molar-refractivity contribution in [3.8, 4) is 0 Å². The lowest BCUT2D eigenvalue weighted by Crippen LogP contribution is -2.27. The molecule has 0 radical (unpaired) electrons. The van der Waals surface area contributed by atoms with E-state index in [0.717, 1.165) is 19.2 Å². The molecular weight excluding hydrogens is 300 g/mol. The van der Waals surface area contributed by atoms with E-state index in [4.69, 9.17) is 11.6 Å². The average Bonchev–Trinajstić information content (AvgIpc) is 2.33. The zero-order valence-corrected chi connectivity index (χ0v) is 13.4. The van der Waals surface area contributed by atoms with Crippen molar-refractivity contribution in [1.29, 1.82) is 0 Å². The van der Waals surface area contributed by atoms with Crippen molar-refractivity contribution >= 4 is 27.3 Å². The molecule has 1 rings (SSSR count). The molecule has 0 atom stereocenters. The Bertz CT molecular complexity index is 585. The van der Waals surface area contributed by atoms with Crippen LogP contribution in [0.5, 0.6) is 0 Å². The summed E-state index contributed by atoms with van der Waals surface area (Å²) >= 11 is 5.83. The molecule has 1 aromatic carbocycles. The monoisotopic (exact) mass is 318 g/mol. The second-order valence-corrected chi connectivity index (χ2v) is 7.22. The fourth-order valence-electron chi connectivity index (χ4n) is 1.63. The SMILES string of the molecule is CN(C)CCCNC(=O)c1ccc(Cl)c(S(C)(=O)=O)c1. The van der Waals surface area contributed by atoms with Crippen LogP contribution >= 0.6 is 11.6 Å². The third-order valence-electron chi connectivity index (χ3n) is 2.66. The van der Waals surface area contributed by atoms with Crippen LogP contribution < -0.4 is 5.32 Å². The highest BCUT2D eigenvalue weighted by molar-refractivity contribution is 7.90. The Morgan fingerprint density at radius 3 is 2.55 bits per heavy atom. The Labute approximate surface area is 124 Å². The molecule has 112 valence electrons. The van der Waals surface area contributed by atoms with Crippen LogP contribution in [-0.4, -0.2) is 52.7 Å². The van der Waals surface area contributed by atoms with Crippen molar-refractivity contribution in [2.45, 2.75) is 11.3 Å². The van der Waals surface area contributed by atoms with E-state index in [1.807, 2.05) is 19.0 Å². The first-order valence-corrected chi connectivity index (χ1v) is 8.41. The van der Waals surface area contributed by atoms with Crippen LogP contribution in [0.3, 0.4) is 0 Å². The standard InChI is InChI=1S/C13H19ClN2O3S/c1-16(2)8-4-7-15-13(17)10-5-6-11(14)12(9-10)20(3,18)19/h5-6,9H,4,7-8H2,1-3H3,(H,15,17). The number of amides is 1. The molecule has 0 saturated heterocycles. The molecule has 0 bridgehead atoms. The van der Waals surface area contributed by atoms with Gasteiger partial charge < -0.3 is 10.2 Å². The van der Waals surface area contributed by atoms with E-state index >= 15 is 0 Å². The van der Waals surface area contributed by atoms with Crippen LogP contribution in [0.25, 0.3) is 0 Å². The lowest BCUT2D eigenvalue weighted by Gasteiger charge is -2.10. The zero-order chi connectivity index (χ0) is 15.3. The van der Waals surface area contributed by atoms with Gasteiger partial charge in [0.2, 0.25) is 0 Å². The van der Waals surface area contributed by atoms with Crippen molar-refractivity contribution in [2.24, 2.45) is 0 Å². The van der Waals surface area contributed by atoms with Gasteiger partial charge in [-0.3, -0.25) is 4.79 Å². The highest BCUT2D eigenvalue weighted by atomic mass is 35.5. The quantitative estimate of drug-likeness (QED) is 0.806. The molecule has 7 heteroatoms. The molecule has 1 aromatic rings.